The number of rotatable bonds is 7. The van der Waals surface area contributed by atoms with Crippen LogP contribution in [0.2, 0.25) is 0 Å². The zero-order chi connectivity index (χ0) is 25.2. The molecule has 1 amide bonds. The zero-order valence-electron chi connectivity index (χ0n) is 21.2. The molecule has 2 aromatic rings. The van der Waals surface area contributed by atoms with E-state index in [0.29, 0.717) is 35.6 Å². The van der Waals surface area contributed by atoms with Crippen molar-refractivity contribution in [3.05, 3.63) is 76.6 Å². The van der Waals surface area contributed by atoms with Crippen LogP contribution in [-0.2, 0) is 9.59 Å². The van der Waals surface area contributed by atoms with E-state index in [4.69, 9.17) is 9.47 Å². The number of ether oxygens (including phenoxy) is 2. The van der Waals surface area contributed by atoms with Gasteiger partial charge >= 0.3 is 0 Å². The van der Waals surface area contributed by atoms with Gasteiger partial charge in [0.15, 0.2) is 5.78 Å². The Balaban J connectivity index is 1.77. The lowest BCUT2D eigenvalue weighted by atomic mass is 9.68. The van der Waals surface area contributed by atoms with Gasteiger partial charge in [-0.05, 0) is 55.0 Å². The minimum Gasteiger partial charge on any atom is -0.495 e. The van der Waals surface area contributed by atoms with Crippen molar-refractivity contribution in [2.24, 2.45) is 5.41 Å². The summed E-state index contributed by atoms with van der Waals surface area (Å²) in [5, 5.41) is 6.42. The molecule has 0 spiro atoms. The summed E-state index contributed by atoms with van der Waals surface area (Å²) in [7, 11) is 1.57. The molecule has 0 saturated carbocycles. The Hall–Kier alpha value is -3.54. The number of amides is 1. The first kappa shape index (κ1) is 24.6. The monoisotopic (exact) mass is 474 g/mol. The van der Waals surface area contributed by atoms with Gasteiger partial charge in [0.25, 0.3) is 5.91 Å². The summed E-state index contributed by atoms with van der Waals surface area (Å²) in [4.78, 5) is 27.2. The van der Waals surface area contributed by atoms with Gasteiger partial charge in [-0.3, -0.25) is 9.59 Å². The molecule has 2 aliphatic rings. The summed E-state index contributed by atoms with van der Waals surface area (Å²) in [5.41, 5.74) is 4.21. The molecule has 0 aromatic heterocycles. The van der Waals surface area contributed by atoms with Crippen molar-refractivity contribution in [1.82, 2.24) is 5.32 Å². The molecule has 1 heterocycles. The van der Waals surface area contributed by atoms with Crippen LogP contribution in [-0.4, -0.2) is 25.4 Å². The van der Waals surface area contributed by atoms with Gasteiger partial charge < -0.3 is 20.1 Å². The molecule has 2 aromatic carbocycles. The molecular weight excluding hydrogens is 440 g/mol. The number of benzene rings is 2. The number of nitrogens with one attached hydrogen (secondary N) is 2. The predicted molar refractivity (Wildman–Crippen MR) is 137 cm³/mol. The maximum Gasteiger partial charge on any atom is 0.254 e. The van der Waals surface area contributed by atoms with Crippen LogP contribution in [0.1, 0.15) is 58.4 Å². The number of methoxy groups -OCH3 is 1. The lowest BCUT2D eigenvalue weighted by molar-refractivity contribution is -0.118. The van der Waals surface area contributed by atoms with Crippen LogP contribution in [0.15, 0.2) is 71.1 Å². The summed E-state index contributed by atoms with van der Waals surface area (Å²) in [6.07, 6.45) is 2.12. The van der Waals surface area contributed by atoms with Gasteiger partial charge in [0.1, 0.15) is 11.5 Å². The van der Waals surface area contributed by atoms with E-state index in [1.54, 1.807) is 19.2 Å². The van der Waals surface area contributed by atoms with E-state index in [0.717, 1.165) is 35.5 Å². The van der Waals surface area contributed by atoms with Gasteiger partial charge in [0.2, 0.25) is 0 Å². The molecule has 0 saturated heterocycles. The van der Waals surface area contributed by atoms with Gasteiger partial charge in [-0.2, -0.15) is 0 Å². The largest absolute Gasteiger partial charge is 0.495 e. The average molecular weight is 475 g/mol. The third-order valence-electron chi connectivity index (χ3n) is 6.53. The van der Waals surface area contributed by atoms with E-state index in [9.17, 15) is 9.59 Å². The molecule has 35 heavy (non-hydrogen) atoms. The standard InChI is InChI=1S/C29H34N2O4/c1-6-15-35-20-13-11-19(12-14-20)26-25(28(33)31-21-9-7-8-10-24(21)34-5)18(2)30-22-16-29(3,4)17-23(32)27(22)26/h7-14,26,30H,6,15-17H2,1-5H3,(H,31,33). The molecule has 1 aliphatic carbocycles. The minimum atomic E-state index is -0.468. The smallest absolute Gasteiger partial charge is 0.254 e. The zero-order valence-corrected chi connectivity index (χ0v) is 21.2. The van der Waals surface area contributed by atoms with Gasteiger partial charge in [-0.15, -0.1) is 0 Å². The van der Waals surface area contributed by atoms with Gasteiger partial charge in [0.05, 0.1) is 19.4 Å². The fourth-order valence-electron chi connectivity index (χ4n) is 4.98. The number of dihydropyridines is 1. The highest BCUT2D eigenvalue weighted by Crippen LogP contribution is 2.47. The molecule has 0 radical (unpaired) electrons. The lowest BCUT2D eigenvalue weighted by Gasteiger charge is -2.39. The Bertz CT molecular complexity index is 1190. The van der Waals surface area contributed by atoms with Crippen molar-refractivity contribution in [3.63, 3.8) is 0 Å². The number of para-hydroxylation sites is 2. The van der Waals surface area contributed by atoms with Crippen LogP contribution in [0.4, 0.5) is 5.69 Å². The van der Waals surface area contributed by atoms with Crippen LogP contribution < -0.4 is 20.1 Å². The highest BCUT2D eigenvalue weighted by atomic mass is 16.5. The number of ketones is 1. The second-order valence-electron chi connectivity index (χ2n) is 10.0. The molecule has 6 heteroatoms. The molecule has 4 rings (SSSR count). The van der Waals surface area contributed by atoms with Crippen LogP contribution in [0.3, 0.4) is 0 Å². The molecule has 0 fully saturated rings. The fraction of sp³-hybridized carbons (Fsp3) is 0.379. The van der Waals surface area contributed by atoms with Crippen molar-refractivity contribution in [2.75, 3.05) is 19.0 Å². The van der Waals surface area contributed by atoms with Crippen LogP contribution in [0.25, 0.3) is 0 Å². The first-order valence-electron chi connectivity index (χ1n) is 12.1. The first-order chi connectivity index (χ1) is 16.7. The number of Topliss-reactive ketones (excluding diaryl/α,β-unsaturated/α-hetero) is 1. The summed E-state index contributed by atoms with van der Waals surface area (Å²) in [5.74, 6) is 0.697. The summed E-state index contributed by atoms with van der Waals surface area (Å²) in [6.45, 7) is 8.82. The highest BCUT2D eigenvalue weighted by Gasteiger charge is 2.42. The number of hydrogen-bond donors (Lipinski definition) is 2. The van der Waals surface area contributed by atoms with E-state index in [1.807, 2.05) is 43.3 Å². The van der Waals surface area contributed by atoms with Crippen LogP contribution in [0, 0.1) is 5.41 Å². The Labute approximate surface area is 207 Å². The normalized spacial score (nSPS) is 19.1. The number of anilines is 1. The van der Waals surface area contributed by atoms with Crippen LogP contribution >= 0.6 is 0 Å². The Morgan fingerprint density at radius 3 is 2.51 bits per heavy atom. The van der Waals surface area contributed by atoms with Crippen molar-refractivity contribution >= 4 is 17.4 Å². The Kier molecular flexibility index (Phi) is 7.01. The summed E-state index contributed by atoms with van der Waals surface area (Å²) < 4.78 is 11.2. The van der Waals surface area contributed by atoms with E-state index in [2.05, 4.69) is 31.4 Å². The molecule has 1 aliphatic heterocycles. The van der Waals surface area contributed by atoms with E-state index in [-0.39, 0.29) is 17.1 Å². The van der Waals surface area contributed by atoms with E-state index in [1.165, 1.54) is 0 Å². The molecule has 0 bridgehead atoms. The van der Waals surface area contributed by atoms with E-state index >= 15 is 0 Å². The highest BCUT2D eigenvalue weighted by molar-refractivity contribution is 6.10. The summed E-state index contributed by atoms with van der Waals surface area (Å²) in [6, 6.07) is 15.0. The lowest BCUT2D eigenvalue weighted by Crippen LogP contribution is -2.39. The first-order valence-corrected chi connectivity index (χ1v) is 12.1. The van der Waals surface area contributed by atoms with Crippen molar-refractivity contribution < 1.29 is 19.1 Å². The second kappa shape index (κ2) is 9.98. The average Bonchev–Trinajstić information content (AvgIpc) is 2.81. The Morgan fingerprint density at radius 2 is 1.83 bits per heavy atom. The molecule has 1 atom stereocenters. The summed E-state index contributed by atoms with van der Waals surface area (Å²) >= 11 is 0. The quantitative estimate of drug-likeness (QED) is 0.536. The topological polar surface area (TPSA) is 76.7 Å². The van der Waals surface area contributed by atoms with E-state index < -0.39 is 5.92 Å². The molecule has 184 valence electrons. The second-order valence-corrected chi connectivity index (χ2v) is 10.0. The molecular formula is C29H34N2O4. The van der Waals surface area contributed by atoms with Crippen LogP contribution in [0.5, 0.6) is 11.5 Å². The van der Waals surface area contributed by atoms with Crippen molar-refractivity contribution in [3.8, 4) is 11.5 Å². The number of carbonyl (C=O) groups excluding carboxylic acids is 2. The van der Waals surface area contributed by atoms with Gasteiger partial charge in [-0.1, -0.05) is 45.0 Å². The fourth-order valence-corrected chi connectivity index (χ4v) is 4.98. The molecule has 2 N–H and O–H groups in total. The number of hydrogen-bond acceptors (Lipinski definition) is 5. The van der Waals surface area contributed by atoms with Gasteiger partial charge in [-0.25, -0.2) is 0 Å². The predicted octanol–water partition coefficient (Wildman–Crippen LogP) is 5.73. The maximum absolute atomic E-state index is 13.7. The molecule has 1 unspecified atom stereocenters. The SMILES string of the molecule is CCCOc1ccc(C2C(C(=O)Nc3ccccc3OC)=C(C)NC3=C2C(=O)CC(C)(C)C3)cc1. The number of allylic oxidation sites excluding steroid dienone is 3. The molecule has 6 nitrogen and oxygen atoms in total. The maximum atomic E-state index is 13.7. The third-order valence-corrected chi connectivity index (χ3v) is 6.53. The van der Waals surface area contributed by atoms with Gasteiger partial charge in [0, 0.05) is 34.9 Å². The van der Waals surface area contributed by atoms with Crippen molar-refractivity contribution in [1.29, 1.82) is 0 Å². The van der Waals surface area contributed by atoms with Crippen molar-refractivity contribution in [2.45, 2.75) is 52.9 Å². The minimum absolute atomic E-state index is 0.0788. The third kappa shape index (κ3) is 5.11. The Morgan fingerprint density at radius 1 is 1.11 bits per heavy atom. The number of carbonyl (C=O) groups is 2.